The predicted molar refractivity (Wildman–Crippen MR) is 77.1 cm³/mol. The molecule has 4 fully saturated rings. The number of carbonyl (C=O) groups is 1. The first-order chi connectivity index (χ1) is 9.74. The van der Waals surface area contributed by atoms with E-state index < -0.39 is 0 Å². The molecule has 3 heteroatoms. The van der Waals surface area contributed by atoms with Crippen LogP contribution in [0.25, 0.3) is 0 Å². The van der Waals surface area contributed by atoms with Crippen molar-refractivity contribution in [2.45, 2.75) is 82.4 Å². The first kappa shape index (κ1) is 13.1. The average molecular weight is 277 g/mol. The SMILES string of the molecule is O=C([C@@H]1C[C@H]1C1CCCCC1)N1[C@H]2CC[C@H]1CC(O)C2. The molecule has 3 nitrogen and oxygen atoms in total. The summed E-state index contributed by atoms with van der Waals surface area (Å²) < 4.78 is 0. The molecule has 0 aromatic carbocycles. The van der Waals surface area contributed by atoms with E-state index in [1.807, 2.05) is 0 Å². The molecule has 4 atom stereocenters. The second-order valence-corrected chi connectivity index (χ2v) is 7.66. The topological polar surface area (TPSA) is 40.5 Å². The van der Waals surface area contributed by atoms with Crippen molar-refractivity contribution in [1.29, 1.82) is 0 Å². The number of rotatable bonds is 2. The van der Waals surface area contributed by atoms with Gasteiger partial charge in [0, 0.05) is 18.0 Å². The molecule has 2 aliphatic heterocycles. The van der Waals surface area contributed by atoms with Gasteiger partial charge in [-0.05, 0) is 43.9 Å². The molecule has 4 aliphatic rings. The average Bonchev–Trinajstić information content (AvgIpc) is 3.20. The highest BCUT2D eigenvalue weighted by Gasteiger charge is 2.53. The first-order valence-electron chi connectivity index (χ1n) is 8.74. The quantitative estimate of drug-likeness (QED) is 0.843. The molecule has 2 saturated carbocycles. The van der Waals surface area contributed by atoms with Crippen molar-refractivity contribution in [2.24, 2.45) is 17.8 Å². The van der Waals surface area contributed by atoms with Gasteiger partial charge in [-0.15, -0.1) is 0 Å². The number of piperidine rings is 1. The summed E-state index contributed by atoms with van der Waals surface area (Å²) >= 11 is 0. The third kappa shape index (κ3) is 2.18. The molecule has 2 aliphatic carbocycles. The summed E-state index contributed by atoms with van der Waals surface area (Å²) in [7, 11) is 0. The lowest BCUT2D eigenvalue weighted by atomic mass is 9.85. The van der Waals surface area contributed by atoms with Gasteiger partial charge in [0.1, 0.15) is 0 Å². The van der Waals surface area contributed by atoms with E-state index in [0.29, 0.717) is 29.8 Å². The van der Waals surface area contributed by atoms with Crippen LogP contribution in [0.3, 0.4) is 0 Å². The molecule has 0 radical (unpaired) electrons. The lowest BCUT2D eigenvalue weighted by Crippen LogP contribution is -2.48. The number of aliphatic hydroxyl groups excluding tert-OH is 1. The van der Waals surface area contributed by atoms with Crippen molar-refractivity contribution < 1.29 is 9.90 Å². The van der Waals surface area contributed by atoms with Gasteiger partial charge in [-0.1, -0.05) is 32.1 Å². The number of nitrogens with zero attached hydrogens (tertiary/aromatic N) is 1. The fourth-order valence-corrected chi connectivity index (χ4v) is 5.28. The van der Waals surface area contributed by atoms with Crippen molar-refractivity contribution in [3.63, 3.8) is 0 Å². The van der Waals surface area contributed by atoms with Crippen molar-refractivity contribution in [3.8, 4) is 0 Å². The zero-order valence-electron chi connectivity index (χ0n) is 12.3. The van der Waals surface area contributed by atoms with Crippen LogP contribution in [0.5, 0.6) is 0 Å². The van der Waals surface area contributed by atoms with Crippen LogP contribution in [0.4, 0.5) is 0 Å². The standard InChI is InChI=1S/C17H27NO2/c19-14-8-12-6-7-13(9-14)18(12)17(20)16-10-15(16)11-4-2-1-3-5-11/h11-16,19H,1-10H2/t12-,13-,15-,16+/m0/s1. The van der Waals surface area contributed by atoms with Crippen molar-refractivity contribution >= 4 is 5.91 Å². The Hall–Kier alpha value is -0.570. The van der Waals surface area contributed by atoms with Gasteiger partial charge in [0.2, 0.25) is 5.91 Å². The number of carbonyl (C=O) groups excluding carboxylic acids is 1. The predicted octanol–water partition coefficient (Wildman–Crippen LogP) is 2.72. The third-order valence-electron chi connectivity index (χ3n) is 6.38. The largest absolute Gasteiger partial charge is 0.393 e. The van der Waals surface area contributed by atoms with Crippen LogP contribution in [-0.4, -0.2) is 34.1 Å². The van der Waals surface area contributed by atoms with E-state index in [4.69, 9.17) is 0 Å². The summed E-state index contributed by atoms with van der Waals surface area (Å²) in [6.07, 6.45) is 11.8. The smallest absolute Gasteiger partial charge is 0.226 e. The van der Waals surface area contributed by atoms with E-state index in [2.05, 4.69) is 4.90 Å². The molecule has 112 valence electrons. The molecule has 2 bridgehead atoms. The molecule has 2 saturated heterocycles. The second-order valence-electron chi connectivity index (χ2n) is 7.66. The molecule has 0 aromatic rings. The molecule has 0 aromatic heterocycles. The van der Waals surface area contributed by atoms with Gasteiger partial charge < -0.3 is 10.0 Å². The Morgan fingerprint density at radius 2 is 1.55 bits per heavy atom. The van der Waals surface area contributed by atoms with E-state index in [-0.39, 0.29) is 6.10 Å². The summed E-state index contributed by atoms with van der Waals surface area (Å²) in [4.78, 5) is 15.0. The van der Waals surface area contributed by atoms with Crippen LogP contribution in [0.2, 0.25) is 0 Å². The molecule has 4 rings (SSSR count). The van der Waals surface area contributed by atoms with Gasteiger partial charge in [0.05, 0.1) is 6.10 Å². The molecular weight excluding hydrogens is 250 g/mol. The van der Waals surface area contributed by atoms with Gasteiger partial charge in [-0.25, -0.2) is 0 Å². The maximum Gasteiger partial charge on any atom is 0.226 e. The molecular formula is C17H27NO2. The highest BCUT2D eigenvalue weighted by molar-refractivity contribution is 5.82. The Balaban J connectivity index is 1.39. The Morgan fingerprint density at radius 3 is 2.20 bits per heavy atom. The minimum Gasteiger partial charge on any atom is -0.393 e. The van der Waals surface area contributed by atoms with Crippen LogP contribution in [0, 0.1) is 17.8 Å². The van der Waals surface area contributed by atoms with Gasteiger partial charge in [0.15, 0.2) is 0 Å². The summed E-state index contributed by atoms with van der Waals surface area (Å²) in [5.41, 5.74) is 0. The summed E-state index contributed by atoms with van der Waals surface area (Å²) in [5.74, 6) is 2.33. The van der Waals surface area contributed by atoms with E-state index in [1.165, 1.54) is 32.1 Å². The van der Waals surface area contributed by atoms with Crippen LogP contribution < -0.4 is 0 Å². The maximum atomic E-state index is 12.8. The number of hydrogen-bond donors (Lipinski definition) is 1. The van der Waals surface area contributed by atoms with E-state index in [1.54, 1.807) is 0 Å². The highest BCUT2D eigenvalue weighted by Crippen LogP contribution is 2.51. The summed E-state index contributed by atoms with van der Waals surface area (Å²) in [5, 5.41) is 9.86. The highest BCUT2D eigenvalue weighted by atomic mass is 16.3. The number of hydrogen-bond acceptors (Lipinski definition) is 2. The maximum absolute atomic E-state index is 12.8. The van der Waals surface area contributed by atoms with Crippen LogP contribution >= 0.6 is 0 Å². The van der Waals surface area contributed by atoms with Crippen LogP contribution in [0.1, 0.15) is 64.2 Å². The minimum absolute atomic E-state index is 0.162. The number of fused-ring (bicyclic) bond motifs is 2. The van der Waals surface area contributed by atoms with E-state index in [9.17, 15) is 9.90 Å². The van der Waals surface area contributed by atoms with Crippen molar-refractivity contribution in [1.82, 2.24) is 4.90 Å². The molecule has 20 heavy (non-hydrogen) atoms. The second kappa shape index (κ2) is 5.01. The Morgan fingerprint density at radius 1 is 0.900 bits per heavy atom. The summed E-state index contributed by atoms with van der Waals surface area (Å²) in [6, 6.07) is 0.702. The Kier molecular flexibility index (Phi) is 3.29. The minimum atomic E-state index is -0.162. The molecule has 1 amide bonds. The Labute approximate surface area is 121 Å². The first-order valence-corrected chi connectivity index (χ1v) is 8.74. The van der Waals surface area contributed by atoms with Gasteiger partial charge in [-0.2, -0.15) is 0 Å². The Bertz CT molecular complexity index is 376. The van der Waals surface area contributed by atoms with Gasteiger partial charge in [0.25, 0.3) is 0 Å². The zero-order valence-corrected chi connectivity index (χ0v) is 12.3. The molecule has 1 N–H and O–H groups in total. The van der Waals surface area contributed by atoms with E-state index >= 15 is 0 Å². The fraction of sp³-hybridized carbons (Fsp3) is 0.941. The molecule has 2 heterocycles. The monoisotopic (exact) mass is 277 g/mol. The van der Waals surface area contributed by atoms with Crippen molar-refractivity contribution in [2.75, 3.05) is 0 Å². The summed E-state index contributed by atoms with van der Waals surface area (Å²) in [6.45, 7) is 0. The zero-order chi connectivity index (χ0) is 13.7. The lowest BCUT2D eigenvalue weighted by Gasteiger charge is -2.37. The number of amides is 1. The number of aliphatic hydroxyl groups is 1. The van der Waals surface area contributed by atoms with Crippen LogP contribution in [0.15, 0.2) is 0 Å². The van der Waals surface area contributed by atoms with Crippen molar-refractivity contribution in [3.05, 3.63) is 0 Å². The molecule has 0 unspecified atom stereocenters. The van der Waals surface area contributed by atoms with E-state index in [0.717, 1.165) is 38.0 Å². The van der Waals surface area contributed by atoms with Gasteiger partial charge in [-0.3, -0.25) is 4.79 Å². The lowest BCUT2D eigenvalue weighted by molar-refractivity contribution is -0.139. The third-order valence-corrected chi connectivity index (χ3v) is 6.38. The fourth-order valence-electron chi connectivity index (χ4n) is 5.28. The van der Waals surface area contributed by atoms with Crippen LogP contribution in [-0.2, 0) is 4.79 Å². The molecule has 0 spiro atoms. The van der Waals surface area contributed by atoms with Gasteiger partial charge >= 0.3 is 0 Å². The normalized spacial score (nSPS) is 44.6.